The number of carbonyl (C=O) groups excluding carboxylic acids is 1. The van der Waals surface area contributed by atoms with E-state index in [1.54, 1.807) is 0 Å². The van der Waals surface area contributed by atoms with Gasteiger partial charge in [0, 0.05) is 12.8 Å². The summed E-state index contributed by atoms with van der Waals surface area (Å²) < 4.78 is 4.55. The molecule has 0 radical (unpaired) electrons. The summed E-state index contributed by atoms with van der Waals surface area (Å²) >= 11 is 0. The number of hydrogen-bond acceptors (Lipinski definition) is 6. The summed E-state index contributed by atoms with van der Waals surface area (Å²) in [6, 6.07) is -1.23. The predicted molar refractivity (Wildman–Crippen MR) is 72.2 cm³/mol. The summed E-state index contributed by atoms with van der Waals surface area (Å²) in [5.41, 5.74) is 5.28. The summed E-state index contributed by atoms with van der Waals surface area (Å²) in [5.74, 6) is -4.03. The van der Waals surface area contributed by atoms with E-state index in [0.29, 0.717) is 19.4 Å². The maximum Gasteiger partial charge on any atom is 0.408 e. The SMILES string of the molecule is NCCCC[C@H](NC(=O)O[C@@H](CCC(=O)O)C(=O)O)C(=O)O. The summed E-state index contributed by atoms with van der Waals surface area (Å²) in [4.78, 5) is 43.7. The van der Waals surface area contributed by atoms with E-state index in [2.05, 4.69) is 4.74 Å². The minimum absolute atomic E-state index is 0.120. The highest BCUT2D eigenvalue weighted by Crippen LogP contribution is 2.06. The van der Waals surface area contributed by atoms with E-state index < -0.39 is 49.0 Å². The van der Waals surface area contributed by atoms with Gasteiger partial charge in [-0.15, -0.1) is 0 Å². The van der Waals surface area contributed by atoms with Gasteiger partial charge in [0.25, 0.3) is 0 Å². The van der Waals surface area contributed by atoms with Crippen LogP contribution in [0.1, 0.15) is 32.1 Å². The second kappa shape index (κ2) is 10.4. The van der Waals surface area contributed by atoms with E-state index in [9.17, 15) is 19.2 Å². The van der Waals surface area contributed by atoms with Crippen molar-refractivity contribution < 1.29 is 39.2 Å². The number of ether oxygens (including phenoxy) is 1. The van der Waals surface area contributed by atoms with E-state index in [4.69, 9.17) is 21.1 Å². The van der Waals surface area contributed by atoms with Gasteiger partial charge in [-0.3, -0.25) is 4.79 Å². The van der Waals surface area contributed by atoms with Crippen molar-refractivity contribution in [1.82, 2.24) is 5.32 Å². The minimum Gasteiger partial charge on any atom is -0.481 e. The standard InChI is InChI=1S/C12H20N2O8/c13-6-2-1-3-7(10(17)18)14-12(21)22-8(11(19)20)4-5-9(15)16/h7-8H,1-6,13H2,(H,14,21)(H,15,16)(H,17,18)(H,19,20)/t7-,8-/m0/s1. The maximum absolute atomic E-state index is 11.5. The molecule has 0 saturated carbocycles. The normalized spacial score (nSPS) is 13.0. The van der Waals surface area contributed by atoms with Crippen molar-refractivity contribution >= 4 is 24.0 Å². The molecule has 0 aromatic heterocycles. The Labute approximate surface area is 126 Å². The maximum atomic E-state index is 11.5. The molecule has 0 aliphatic carbocycles. The second-order valence-electron chi connectivity index (χ2n) is 4.48. The molecule has 0 bridgehead atoms. The van der Waals surface area contributed by atoms with Gasteiger partial charge in [0.2, 0.25) is 6.10 Å². The fourth-order valence-electron chi connectivity index (χ4n) is 1.54. The van der Waals surface area contributed by atoms with Crippen LogP contribution in [0.5, 0.6) is 0 Å². The number of rotatable bonds is 11. The van der Waals surface area contributed by atoms with E-state index in [-0.39, 0.29) is 6.42 Å². The van der Waals surface area contributed by atoms with Gasteiger partial charge in [0.05, 0.1) is 0 Å². The molecule has 10 nitrogen and oxygen atoms in total. The molecule has 0 aromatic rings. The molecule has 0 spiro atoms. The number of carbonyl (C=O) groups is 4. The Kier molecular flexibility index (Phi) is 9.27. The molecule has 126 valence electrons. The lowest BCUT2D eigenvalue weighted by Gasteiger charge is -2.17. The lowest BCUT2D eigenvalue weighted by atomic mass is 10.1. The molecule has 10 heteroatoms. The van der Waals surface area contributed by atoms with Gasteiger partial charge >= 0.3 is 24.0 Å². The molecule has 1 amide bonds. The number of carboxylic acid groups (broad SMARTS) is 3. The van der Waals surface area contributed by atoms with Gasteiger partial charge in [0.1, 0.15) is 6.04 Å². The zero-order chi connectivity index (χ0) is 17.1. The van der Waals surface area contributed by atoms with E-state index in [1.807, 2.05) is 5.32 Å². The molecule has 6 N–H and O–H groups in total. The first-order valence-corrected chi connectivity index (χ1v) is 6.62. The zero-order valence-electron chi connectivity index (χ0n) is 11.9. The fraction of sp³-hybridized carbons (Fsp3) is 0.667. The number of amides is 1. The largest absolute Gasteiger partial charge is 0.481 e. The van der Waals surface area contributed by atoms with Gasteiger partial charge in [-0.1, -0.05) is 0 Å². The summed E-state index contributed by atoms with van der Waals surface area (Å²) in [5, 5.41) is 28.3. The van der Waals surface area contributed by atoms with Crippen LogP contribution in [-0.4, -0.2) is 58.0 Å². The van der Waals surface area contributed by atoms with Crippen LogP contribution < -0.4 is 11.1 Å². The molecule has 0 aliphatic heterocycles. The topological polar surface area (TPSA) is 176 Å². The highest BCUT2D eigenvalue weighted by Gasteiger charge is 2.26. The van der Waals surface area contributed by atoms with Crippen LogP contribution in [0.4, 0.5) is 4.79 Å². The first-order valence-electron chi connectivity index (χ1n) is 6.62. The summed E-state index contributed by atoms with van der Waals surface area (Å²) in [6.07, 6.45) is -2.63. The van der Waals surface area contributed by atoms with Crippen molar-refractivity contribution in [2.45, 2.75) is 44.2 Å². The van der Waals surface area contributed by atoms with Crippen molar-refractivity contribution in [3.63, 3.8) is 0 Å². The molecule has 0 rings (SSSR count). The molecule has 0 fully saturated rings. The number of aliphatic carboxylic acids is 3. The first kappa shape index (κ1) is 19.6. The van der Waals surface area contributed by atoms with Gasteiger partial charge in [-0.05, 0) is 25.8 Å². The Hall–Kier alpha value is -2.36. The second-order valence-corrected chi connectivity index (χ2v) is 4.48. The van der Waals surface area contributed by atoms with Gasteiger partial charge in [-0.2, -0.15) is 0 Å². The average Bonchev–Trinajstić information content (AvgIpc) is 2.41. The Morgan fingerprint density at radius 2 is 1.64 bits per heavy atom. The Morgan fingerprint density at radius 3 is 2.09 bits per heavy atom. The highest BCUT2D eigenvalue weighted by molar-refractivity contribution is 5.82. The third-order valence-corrected chi connectivity index (χ3v) is 2.68. The van der Waals surface area contributed by atoms with Gasteiger partial charge in [-0.25, -0.2) is 14.4 Å². The summed E-state index contributed by atoms with van der Waals surface area (Å²) in [7, 11) is 0. The molecule has 0 aromatic carbocycles. The lowest BCUT2D eigenvalue weighted by Crippen LogP contribution is -2.43. The van der Waals surface area contributed by atoms with Crippen LogP contribution in [0.2, 0.25) is 0 Å². The number of alkyl carbamates (subject to hydrolysis) is 1. The van der Waals surface area contributed by atoms with E-state index in [1.165, 1.54) is 0 Å². The molecule has 0 unspecified atom stereocenters. The molecular weight excluding hydrogens is 300 g/mol. The third-order valence-electron chi connectivity index (χ3n) is 2.68. The Balaban J connectivity index is 4.47. The molecule has 0 saturated heterocycles. The van der Waals surface area contributed by atoms with Crippen molar-refractivity contribution in [2.24, 2.45) is 5.73 Å². The minimum atomic E-state index is -1.66. The monoisotopic (exact) mass is 320 g/mol. The third kappa shape index (κ3) is 8.74. The van der Waals surface area contributed by atoms with Crippen molar-refractivity contribution in [3.05, 3.63) is 0 Å². The van der Waals surface area contributed by atoms with Crippen molar-refractivity contribution in [1.29, 1.82) is 0 Å². The Morgan fingerprint density at radius 1 is 1.00 bits per heavy atom. The molecule has 2 atom stereocenters. The number of carboxylic acids is 3. The molecule has 0 heterocycles. The number of nitrogens with one attached hydrogen (secondary N) is 1. The predicted octanol–water partition coefficient (Wildman–Crippen LogP) is -0.387. The van der Waals surface area contributed by atoms with Crippen LogP contribution >= 0.6 is 0 Å². The van der Waals surface area contributed by atoms with Crippen LogP contribution in [-0.2, 0) is 19.1 Å². The highest BCUT2D eigenvalue weighted by atomic mass is 16.6. The van der Waals surface area contributed by atoms with E-state index >= 15 is 0 Å². The lowest BCUT2D eigenvalue weighted by molar-refractivity contribution is -0.148. The smallest absolute Gasteiger partial charge is 0.408 e. The van der Waals surface area contributed by atoms with Gasteiger partial charge < -0.3 is 31.1 Å². The first-order chi connectivity index (χ1) is 10.3. The quantitative estimate of drug-likeness (QED) is 0.317. The number of hydrogen-bond donors (Lipinski definition) is 5. The molecular formula is C12H20N2O8. The van der Waals surface area contributed by atoms with E-state index in [0.717, 1.165) is 0 Å². The fourth-order valence-corrected chi connectivity index (χ4v) is 1.54. The van der Waals surface area contributed by atoms with Crippen molar-refractivity contribution in [3.8, 4) is 0 Å². The molecule has 22 heavy (non-hydrogen) atoms. The van der Waals surface area contributed by atoms with Crippen molar-refractivity contribution in [2.75, 3.05) is 6.54 Å². The number of unbranched alkanes of at least 4 members (excludes halogenated alkanes) is 1. The van der Waals surface area contributed by atoms with Crippen LogP contribution in [0.25, 0.3) is 0 Å². The van der Waals surface area contributed by atoms with Crippen LogP contribution in [0.15, 0.2) is 0 Å². The van der Waals surface area contributed by atoms with Gasteiger partial charge in [0.15, 0.2) is 0 Å². The Bertz CT molecular complexity index is 412. The zero-order valence-corrected chi connectivity index (χ0v) is 11.9. The van der Waals surface area contributed by atoms with Crippen LogP contribution in [0.3, 0.4) is 0 Å². The average molecular weight is 320 g/mol. The molecule has 0 aliphatic rings. The summed E-state index contributed by atoms with van der Waals surface area (Å²) in [6.45, 7) is 0.382. The van der Waals surface area contributed by atoms with Crippen LogP contribution in [0, 0.1) is 0 Å². The number of nitrogens with two attached hydrogens (primary N) is 1.